The van der Waals surface area contributed by atoms with E-state index in [-0.39, 0.29) is 24.1 Å². The van der Waals surface area contributed by atoms with Gasteiger partial charge in [-0.1, -0.05) is 12.1 Å². The van der Waals surface area contributed by atoms with Gasteiger partial charge in [0, 0.05) is 36.0 Å². The van der Waals surface area contributed by atoms with Crippen LogP contribution in [0.3, 0.4) is 0 Å². The highest BCUT2D eigenvalue weighted by Gasteiger charge is 2.33. The molecule has 2 aromatic rings. The van der Waals surface area contributed by atoms with Crippen molar-refractivity contribution in [2.75, 3.05) is 13.9 Å². The standard InChI is InChI=1S/C21H20O6/c1-25-13-7-5-12(6-8-13)20(21-15(22)3-2-4-16(21)23)14-9-18-19(10-17(14)24)27-11-26-18/h5-10,20,22,24H,2-4,11H2,1H3/t20-/m1/s1. The molecule has 0 saturated heterocycles. The summed E-state index contributed by atoms with van der Waals surface area (Å²) in [7, 11) is 1.58. The number of benzene rings is 2. The molecule has 0 unspecified atom stereocenters. The van der Waals surface area contributed by atoms with Gasteiger partial charge in [-0.05, 0) is 30.2 Å². The van der Waals surface area contributed by atoms with Crippen molar-refractivity contribution in [2.45, 2.75) is 25.2 Å². The summed E-state index contributed by atoms with van der Waals surface area (Å²) in [6.07, 6.45) is 1.44. The van der Waals surface area contributed by atoms with E-state index in [2.05, 4.69) is 0 Å². The lowest BCUT2D eigenvalue weighted by Crippen LogP contribution is -2.19. The van der Waals surface area contributed by atoms with Crippen LogP contribution < -0.4 is 14.2 Å². The molecule has 0 saturated carbocycles. The fourth-order valence-corrected chi connectivity index (χ4v) is 3.65. The summed E-state index contributed by atoms with van der Waals surface area (Å²) < 4.78 is 16.0. The number of carbonyl (C=O) groups excluding carboxylic acids is 1. The number of Topliss-reactive ketones (excluding diaryl/α,β-unsaturated/α-hetero) is 1. The van der Waals surface area contributed by atoms with Gasteiger partial charge in [0.15, 0.2) is 17.3 Å². The van der Waals surface area contributed by atoms with E-state index < -0.39 is 5.92 Å². The predicted molar refractivity (Wildman–Crippen MR) is 97.6 cm³/mol. The van der Waals surface area contributed by atoms with Gasteiger partial charge >= 0.3 is 0 Å². The smallest absolute Gasteiger partial charge is 0.231 e. The number of carbonyl (C=O) groups is 1. The number of fused-ring (bicyclic) bond motifs is 1. The van der Waals surface area contributed by atoms with Gasteiger partial charge in [-0.3, -0.25) is 4.79 Å². The molecule has 0 aromatic heterocycles. The summed E-state index contributed by atoms with van der Waals surface area (Å²) in [6.45, 7) is 0.0817. The van der Waals surface area contributed by atoms with E-state index in [1.165, 1.54) is 6.07 Å². The molecular weight excluding hydrogens is 348 g/mol. The average molecular weight is 368 g/mol. The highest BCUT2D eigenvalue weighted by Crippen LogP contribution is 2.46. The topological polar surface area (TPSA) is 85.2 Å². The molecule has 2 N–H and O–H groups in total. The normalized spacial score (nSPS) is 17.1. The second kappa shape index (κ2) is 6.87. The molecular formula is C21H20O6. The van der Waals surface area contributed by atoms with Crippen molar-refractivity contribution in [3.05, 3.63) is 58.9 Å². The van der Waals surface area contributed by atoms with E-state index >= 15 is 0 Å². The minimum atomic E-state index is -0.613. The van der Waals surface area contributed by atoms with Crippen molar-refractivity contribution >= 4 is 5.78 Å². The number of phenols is 1. The SMILES string of the molecule is COc1ccc([C@@H](C2=C(O)CCCC2=O)c2cc3c(cc2O)OCO3)cc1. The Morgan fingerprint density at radius 2 is 1.74 bits per heavy atom. The van der Waals surface area contributed by atoms with E-state index in [1.54, 1.807) is 25.3 Å². The Balaban J connectivity index is 1.90. The van der Waals surface area contributed by atoms with Crippen LogP contribution >= 0.6 is 0 Å². The van der Waals surface area contributed by atoms with Crippen LogP contribution in [0.2, 0.25) is 0 Å². The Bertz CT molecular complexity index is 913. The van der Waals surface area contributed by atoms with Crippen LogP contribution in [-0.4, -0.2) is 29.9 Å². The fraction of sp³-hybridized carbons (Fsp3) is 0.286. The van der Waals surface area contributed by atoms with E-state index in [1.807, 2.05) is 12.1 Å². The number of allylic oxidation sites excluding steroid dienone is 2. The van der Waals surface area contributed by atoms with Crippen molar-refractivity contribution in [1.29, 1.82) is 0 Å². The van der Waals surface area contributed by atoms with Crippen molar-refractivity contribution in [3.8, 4) is 23.0 Å². The number of ketones is 1. The molecule has 4 rings (SSSR count). The molecule has 1 aliphatic carbocycles. The second-order valence-corrected chi connectivity index (χ2v) is 6.61. The Hall–Kier alpha value is -3.15. The van der Waals surface area contributed by atoms with E-state index in [0.717, 1.165) is 5.56 Å². The van der Waals surface area contributed by atoms with Gasteiger partial charge in [0.2, 0.25) is 6.79 Å². The zero-order valence-electron chi connectivity index (χ0n) is 14.9. The zero-order valence-corrected chi connectivity index (χ0v) is 14.9. The third-order valence-corrected chi connectivity index (χ3v) is 5.00. The van der Waals surface area contributed by atoms with Crippen LogP contribution in [0.25, 0.3) is 0 Å². The van der Waals surface area contributed by atoms with Crippen molar-refractivity contribution < 1.29 is 29.2 Å². The Kier molecular flexibility index (Phi) is 4.39. The van der Waals surface area contributed by atoms with E-state index in [0.29, 0.717) is 47.6 Å². The van der Waals surface area contributed by atoms with Gasteiger partial charge in [-0.25, -0.2) is 0 Å². The summed E-state index contributed by atoms with van der Waals surface area (Å²) in [5, 5.41) is 21.1. The number of methoxy groups -OCH3 is 1. The average Bonchev–Trinajstić information content (AvgIpc) is 3.12. The highest BCUT2D eigenvalue weighted by atomic mass is 16.7. The van der Waals surface area contributed by atoms with Gasteiger partial charge in [-0.2, -0.15) is 0 Å². The number of aliphatic hydroxyl groups is 1. The molecule has 0 radical (unpaired) electrons. The first-order valence-corrected chi connectivity index (χ1v) is 8.80. The first-order valence-electron chi connectivity index (χ1n) is 8.80. The largest absolute Gasteiger partial charge is 0.512 e. The number of rotatable bonds is 4. The first-order chi connectivity index (χ1) is 13.1. The van der Waals surface area contributed by atoms with Crippen LogP contribution in [0.4, 0.5) is 0 Å². The van der Waals surface area contributed by atoms with Crippen LogP contribution in [0.5, 0.6) is 23.0 Å². The lowest BCUT2D eigenvalue weighted by molar-refractivity contribution is -0.116. The summed E-state index contributed by atoms with van der Waals surface area (Å²) in [5.41, 5.74) is 1.57. The number of phenolic OH excluding ortho intramolecular Hbond substituents is 1. The quantitative estimate of drug-likeness (QED) is 0.853. The van der Waals surface area contributed by atoms with E-state index in [4.69, 9.17) is 14.2 Å². The second-order valence-electron chi connectivity index (χ2n) is 6.61. The number of ether oxygens (including phenoxy) is 3. The summed E-state index contributed by atoms with van der Waals surface area (Å²) >= 11 is 0. The third-order valence-electron chi connectivity index (χ3n) is 5.00. The maximum absolute atomic E-state index is 12.7. The number of aliphatic hydroxyl groups excluding tert-OH is 1. The van der Waals surface area contributed by atoms with Gasteiger partial charge in [0.1, 0.15) is 11.5 Å². The number of hydrogen-bond donors (Lipinski definition) is 2. The molecule has 0 fully saturated rings. The van der Waals surface area contributed by atoms with Gasteiger partial charge < -0.3 is 24.4 Å². The molecule has 1 aliphatic heterocycles. The first kappa shape index (κ1) is 17.3. The monoisotopic (exact) mass is 368 g/mol. The molecule has 140 valence electrons. The number of hydrogen-bond acceptors (Lipinski definition) is 6. The molecule has 27 heavy (non-hydrogen) atoms. The molecule has 1 heterocycles. The molecule has 6 heteroatoms. The van der Waals surface area contributed by atoms with Gasteiger partial charge in [0.05, 0.1) is 12.9 Å². The lowest BCUT2D eigenvalue weighted by atomic mass is 9.78. The van der Waals surface area contributed by atoms with E-state index in [9.17, 15) is 15.0 Å². The molecule has 0 amide bonds. The molecule has 0 spiro atoms. The van der Waals surface area contributed by atoms with Crippen molar-refractivity contribution in [1.82, 2.24) is 0 Å². The maximum Gasteiger partial charge on any atom is 0.231 e. The molecule has 2 aromatic carbocycles. The lowest BCUT2D eigenvalue weighted by Gasteiger charge is -2.25. The summed E-state index contributed by atoms with van der Waals surface area (Å²) in [6, 6.07) is 10.4. The molecule has 0 bridgehead atoms. The summed E-state index contributed by atoms with van der Waals surface area (Å²) in [4.78, 5) is 12.7. The Morgan fingerprint density at radius 1 is 1.04 bits per heavy atom. The molecule has 6 nitrogen and oxygen atoms in total. The summed E-state index contributed by atoms with van der Waals surface area (Å²) in [5.74, 6) is 0.973. The number of aromatic hydroxyl groups is 1. The minimum Gasteiger partial charge on any atom is -0.512 e. The van der Waals surface area contributed by atoms with Crippen LogP contribution in [0, 0.1) is 0 Å². The zero-order chi connectivity index (χ0) is 19.0. The van der Waals surface area contributed by atoms with Crippen molar-refractivity contribution in [3.63, 3.8) is 0 Å². The van der Waals surface area contributed by atoms with Crippen LogP contribution in [-0.2, 0) is 4.79 Å². The Labute approximate surface area is 156 Å². The molecule has 2 aliphatic rings. The Morgan fingerprint density at radius 3 is 2.41 bits per heavy atom. The third kappa shape index (κ3) is 3.07. The van der Waals surface area contributed by atoms with Crippen molar-refractivity contribution in [2.24, 2.45) is 0 Å². The van der Waals surface area contributed by atoms with Crippen LogP contribution in [0.15, 0.2) is 47.7 Å². The molecule has 1 atom stereocenters. The van der Waals surface area contributed by atoms with Gasteiger partial charge in [-0.15, -0.1) is 0 Å². The highest BCUT2D eigenvalue weighted by molar-refractivity contribution is 5.99. The van der Waals surface area contributed by atoms with Gasteiger partial charge in [0.25, 0.3) is 0 Å². The predicted octanol–water partition coefficient (Wildman–Crippen LogP) is 3.83. The fourth-order valence-electron chi connectivity index (χ4n) is 3.65. The van der Waals surface area contributed by atoms with Crippen LogP contribution in [0.1, 0.15) is 36.3 Å². The minimum absolute atomic E-state index is 0.0151. The maximum atomic E-state index is 12.7.